The van der Waals surface area contributed by atoms with Crippen molar-refractivity contribution in [2.24, 2.45) is 5.73 Å². The van der Waals surface area contributed by atoms with Crippen LogP contribution in [-0.4, -0.2) is 48.6 Å². The van der Waals surface area contributed by atoms with E-state index in [-0.39, 0.29) is 6.04 Å². The summed E-state index contributed by atoms with van der Waals surface area (Å²) < 4.78 is 1.16. The van der Waals surface area contributed by atoms with Crippen LogP contribution in [0.3, 0.4) is 0 Å². The summed E-state index contributed by atoms with van der Waals surface area (Å²) in [6, 6.07) is 3.25. The fourth-order valence-electron chi connectivity index (χ4n) is 3.01. The Balaban J connectivity index is 2.23. The molecule has 108 valence electrons. The van der Waals surface area contributed by atoms with Gasteiger partial charge in [-0.2, -0.15) is 0 Å². The number of hydrogen-bond acceptors (Lipinski definition) is 4. The number of nitrogens with two attached hydrogens (primary N) is 1. The first kappa shape index (κ1) is 15.4. The largest absolute Gasteiger partial charge is 0.326 e. The van der Waals surface area contributed by atoms with Gasteiger partial charge in [-0.05, 0) is 55.9 Å². The SMILES string of the molecule is CC(N)C(c1cc(Br)cs1)N1CCCN(C)CC1C. The molecule has 3 unspecified atom stereocenters. The van der Waals surface area contributed by atoms with Crippen molar-refractivity contribution in [3.63, 3.8) is 0 Å². The van der Waals surface area contributed by atoms with Crippen molar-refractivity contribution in [1.82, 2.24) is 9.80 Å². The van der Waals surface area contributed by atoms with Crippen LogP contribution in [0.1, 0.15) is 31.2 Å². The highest BCUT2D eigenvalue weighted by Gasteiger charge is 2.30. The lowest BCUT2D eigenvalue weighted by Gasteiger charge is -2.37. The summed E-state index contributed by atoms with van der Waals surface area (Å²) in [5, 5.41) is 2.15. The van der Waals surface area contributed by atoms with Gasteiger partial charge in [0, 0.05) is 39.9 Å². The third kappa shape index (κ3) is 3.79. The van der Waals surface area contributed by atoms with E-state index in [4.69, 9.17) is 5.73 Å². The standard InChI is InChI=1S/C14H24BrN3S/c1-10-8-17(3)5-4-6-18(10)14(11(2)16)13-7-12(15)9-19-13/h7,9-11,14H,4-6,8,16H2,1-3H3. The van der Waals surface area contributed by atoms with Crippen LogP contribution in [0.2, 0.25) is 0 Å². The first-order valence-electron chi connectivity index (χ1n) is 6.93. The van der Waals surface area contributed by atoms with Crippen molar-refractivity contribution in [3.05, 3.63) is 20.8 Å². The van der Waals surface area contributed by atoms with E-state index in [1.54, 1.807) is 0 Å². The highest BCUT2D eigenvalue weighted by Crippen LogP contribution is 2.33. The summed E-state index contributed by atoms with van der Waals surface area (Å²) in [5.74, 6) is 0. The Morgan fingerprint density at radius 3 is 2.79 bits per heavy atom. The van der Waals surface area contributed by atoms with E-state index < -0.39 is 0 Å². The molecule has 1 saturated heterocycles. The topological polar surface area (TPSA) is 32.5 Å². The summed E-state index contributed by atoms with van der Waals surface area (Å²) in [6.45, 7) is 7.88. The van der Waals surface area contributed by atoms with Gasteiger partial charge in [0.15, 0.2) is 0 Å². The molecule has 1 aromatic rings. The number of halogens is 1. The van der Waals surface area contributed by atoms with Crippen LogP contribution in [0.25, 0.3) is 0 Å². The average molecular weight is 346 g/mol. The van der Waals surface area contributed by atoms with Crippen molar-refractivity contribution in [2.45, 2.75) is 38.4 Å². The van der Waals surface area contributed by atoms with Gasteiger partial charge in [0.05, 0.1) is 6.04 Å². The molecule has 2 rings (SSSR count). The Bertz CT molecular complexity index is 407. The summed E-state index contributed by atoms with van der Waals surface area (Å²) >= 11 is 5.36. The number of rotatable bonds is 3. The molecule has 1 fully saturated rings. The van der Waals surface area contributed by atoms with Crippen LogP contribution in [0.4, 0.5) is 0 Å². The maximum absolute atomic E-state index is 6.29. The highest BCUT2D eigenvalue weighted by atomic mass is 79.9. The van der Waals surface area contributed by atoms with E-state index in [1.807, 2.05) is 11.3 Å². The normalized spacial score (nSPS) is 26.1. The summed E-state index contributed by atoms with van der Waals surface area (Å²) in [7, 11) is 2.21. The Hall–Kier alpha value is 0.0600. The van der Waals surface area contributed by atoms with Gasteiger partial charge in [-0.1, -0.05) is 0 Å². The predicted molar refractivity (Wildman–Crippen MR) is 86.7 cm³/mol. The fraction of sp³-hybridized carbons (Fsp3) is 0.714. The maximum atomic E-state index is 6.29. The molecule has 0 aliphatic carbocycles. The molecule has 19 heavy (non-hydrogen) atoms. The van der Waals surface area contributed by atoms with Crippen LogP contribution in [0.5, 0.6) is 0 Å². The van der Waals surface area contributed by atoms with Crippen molar-refractivity contribution in [1.29, 1.82) is 0 Å². The van der Waals surface area contributed by atoms with Crippen molar-refractivity contribution < 1.29 is 0 Å². The lowest BCUT2D eigenvalue weighted by atomic mass is 10.0. The third-order valence-corrected chi connectivity index (χ3v) is 5.60. The molecule has 0 saturated carbocycles. The van der Waals surface area contributed by atoms with Crippen LogP contribution in [0.15, 0.2) is 15.9 Å². The fourth-order valence-corrected chi connectivity index (χ4v) is 4.69. The van der Waals surface area contributed by atoms with E-state index in [9.17, 15) is 0 Å². The molecule has 1 aromatic heterocycles. The van der Waals surface area contributed by atoms with E-state index in [1.165, 1.54) is 17.8 Å². The second-order valence-electron chi connectivity index (χ2n) is 5.67. The monoisotopic (exact) mass is 345 g/mol. The summed E-state index contributed by atoms with van der Waals surface area (Å²) in [6.07, 6.45) is 1.22. The molecule has 0 radical (unpaired) electrons. The van der Waals surface area contributed by atoms with E-state index in [2.05, 4.69) is 58.1 Å². The molecule has 3 nitrogen and oxygen atoms in total. The minimum Gasteiger partial charge on any atom is -0.326 e. The van der Waals surface area contributed by atoms with E-state index in [0.717, 1.165) is 17.6 Å². The van der Waals surface area contributed by atoms with Gasteiger partial charge in [-0.3, -0.25) is 4.90 Å². The quantitative estimate of drug-likeness (QED) is 0.913. The molecule has 0 spiro atoms. The third-order valence-electron chi connectivity index (χ3n) is 3.83. The minimum atomic E-state index is 0.149. The van der Waals surface area contributed by atoms with Gasteiger partial charge in [0.1, 0.15) is 0 Å². The van der Waals surface area contributed by atoms with Crippen LogP contribution < -0.4 is 5.73 Å². The number of nitrogens with zero attached hydrogens (tertiary/aromatic N) is 2. The zero-order valence-corrected chi connectivity index (χ0v) is 14.4. The average Bonchev–Trinajstić information content (AvgIpc) is 2.66. The zero-order valence-electron chi connectivity index (χ0n) is 12.0. The molecule has 5 heteroatoms. The molecular formula is C14H24BrN3S. The summed E-state index contributed by atoms with van der Waals surface area (Å²) in [5.41, 5.74) is 6.29. The highest BCUT2D eigenvalue weighted by molar-refractivity contribution is 9.10. The molecule has 1 aliphatic rings. The maximum Gasteiger partial charge on any atom is 0.0593 e. The number of hydrogen-bond donors (Lipinski definition) is 1. The Morgan fingerprint density at radius 2 is 2.21 bits per heavy atom. The van der Waals surface area contributed by atoms with Gasteiger partial charge in [0.2, 0.25) is 0 Å². The van der Waals surface area contributed by atoms with E-state index in [0.29, 0.717) is 12.1 Å². The van der Waals surface area contributed by atoms with Crippen LogP contribution in [-0.2, 0) is 0 Å². The minimum absolute atomic E-state index is 0.149. The van der Waals surface area contributed by atoms with Crippen LogP contribution >= 0.6 is 27.3 Å². The molecule has 2 N–H and O–H groups in total. The zero-order chi connectivity index (χ0) is 14.0. The molecular weight excluding hydrogens is 322 g/mol. The molecule has 1 aliphatic heterocycles. The van der Waals surface area contributed by atoms with Gasteiger partial charge in [0.25, 0.3) is 0 Å². The molecule has 0 bridgehead atoms. The van der Waals surface area contributed by atoms with Gasteiger partial charge in [-0.25, -0.2) is 0 Å². The summed E-state index contributed by atoms with van der Waals surface area (Å²) in [4.78, 5) is 6.39. The lowest BCUT2D eigenvalue weighted by molar-refractivity contribution is 0.129. The second kappa shape index (κ2) is 6.68. The second-order valence-corrected chi connectivity index (χ2v) is 7.53. The van der Waals surface area contributed by atoms with Gasteiger partial charge in [-0.15, -0.1) is 11.3 Å². The number of thiophene rings is 1. The number of likely N-dealkylation sites (N-methyl/N-ethyl adjacent to an activating group) is 1. The molecule has 2 heterocycles. The first-order chi connectivity index (χ1) is 8.99. The molecule has 0 amide bonds. The van der Waals surface area contributed by atoms with Crippen LogP contribution in [0, 0.1) is 0 Å². The van der Waals surface area contributed by atoms with Crippen molar-refractivity contribution in [3.8, 4) is 0 Å². The van der Waals surface area contributed by atoms with E-state index >= 15 is 0 Å². The lowest BCUT2D eigenvalue weighted by Crippen LogP contribution is -2.45. The first-order valence-corrected chi connectivity index (χ1v) is 8.60. The molecule has 3 atom stereocenters. The Labute approximate surface area is 128 Å². The molecule has 0 aromatic carbocycles. The van der Waals surface area contributed by atoms with Gasteiger partial charge >= 0.3 is 0 Å². The van der Waals surface area contributed by atoms with Crippen molar-refractivity contribution >= 4 is 27.3 Å². The smallest absolute Gasteiger partial charge is 0.0593 e. The van der Waals surface area contributed by atoms with Crippen molar-refractivity contribution in [2.75, 3.05) is 26.7 Å². The van der Waals surface area contributed by atoms with Gasteiger partial charge < -0.3 is 10.6 Å². The predicted octanol–water partition coefficient (Wildman–Crippen LogP) is 2.92. The Kier molecular flexibility index (Phi) is 5.43. The Morgan fingerprint density at radius 1 is 1.47 bits per heavy atom.